The molecule has 1 saturated heterocycles. The number of hydrogen-bond donors (Lipinski definition) is 0. The van der Waals surface area contributed by atoms with Gasteiger partial charge in [0.15, 0.2) is 0 Å². The average Bonchev–Trinajstić information content (AvgIpc) is 2.66. The van der Waals surface area contributed by atoms with E-state index >= 15 is 0 Å². The van der Waals surface area contributed by atoms with Crippen LogP contribution in [0, 0.1) is 0 Å². The molecule has 2 amide bonds. The molecule has 2 aromatic carbocycles. The zero-order valence-corrected chi connectivity index (χ0v) is 16.2. The van der Waals surface area contributed by atoms with Crippen LogP contribution < -0.4 is 4.90 Å². The van der Waals surface area contributed by atoms with Crippen molar-refractivity contribution in [1.29, 1.82) is 0 Å². The van der Waals surface area contributed by atoms with Crippen molar-refractivity contribution < 1.29 is 4.79 Å². The van der Waals surface area contributed by atoms with Crippen molar-refractivity contribution in [2.75, 3.05) is 31.1 Å². The van der Waals surface area contributed by atoms with E-state index in [4.69, 9.17) is 11.6 Å². The van der Waals surface area contributed by atoms with E-state index in [1.54, 1.807) is 0 Å². The van der Waals surface area contributed by atoms with Crippen molar-refractivity contribution in [3.63, 3.8) is 0 Å². The molecule has 0 saturated carbocycles. The van der Waals surface area contributed by atoms with Crippen LogP contribution in [0.15, 0.2) is 54.6 Å². The first-order valence-electron chi connectivity index (χ1n) is 9.14. The molecule has 0 radical (unpaired) electrons. The number of nitrogens with zero attached hydrogens (tertiary/aromatic N) is 3. The second-order valence-electron chi connectivity index (χ2n) is 6.94. The number of urea groups is 1. The van der Waals surface area contributed by atoms with Crippen molar-refractivity contribution in [3.8, 4) is 0 Å². The Morgan fingerprint density at radius 1 is 1.04 bits per heavy atom. The highest BCUT2D eigenvalue weighted by Crippen LogP contribution is 2.21. The molecule has 1 heterocycles. The van der Waals surface area contributed by atoms with Gasteiger partial charge in [0.2, 0.25) is 0 Å². The zero-order chi connectivity index (χ0) is 18.5. The molecule has 1 aliphatic rings. The third-order valence-corrected chi connectivity index (χ3v) is 5.02. The molecule has 5 heteroatoms. The van der Waals surface area contributed by atoms with Crippen LogP contribution in [0.5, 0.6) is 0 Å². The molecule has 138 valence electrons. The Balaban J connectivity index is 1.62. The highest BCUT2D eigenvalue weighted by atomic mass is 35.5. The Labute approximate surface area is 161 Å². The molecule has 1 fully saturated rings. The van der Waals surface area contributed by atoms with Gasteiger partial charge in [-0.05, 0) is 37.6 Å². The van der Waals surface area contributed by atoms with Gasteiger partial charge in [0.25, 0.3) is 0 Å². The van der Waals surface area contributed by atoms with E-state index in [0.29, 0.717) is 6.54 Å². The predicted molar refractivity (Wildman–Crippen MR) is 108 cm³/mol. The van der Waals surface area contributed by atoms with Gasteiger partial charge in [-0.1, -0.05) is 48.0 Å². The minimum absolute atomic E-state index is 0.120. The van der Waals surface area contributed by atoms with Crippen molar-refractivity contribution in [3.05, 3.63) is 65.2 Å². The van der Waals surface area contributed by atoms with E-state index in [1.807, 2.05) is 46.2 Å². The lowest BCUT2D eigenvalue weighted by atomic mass is 10.2. The summed E-state index contributed by atoms with van der Waals surface area (Å²) in [5.74, 6) is 0. The third kappa shape index (κ3) is 4.50. The zero-order valence-electron chi connectivity index (χ0n) is 15.4. The van der Waals surface area contributed by atoms with E-state index in [2.05, 4.69) is 36.9 Å². The third-order valence-electron chi connectivity index (χ3n) is 4.79. The SMILES string of the molecule is CC(C)N(Cc1ccccc1)C(=O)N1CCN(c2cccc(Cl)c2)CC1. The van der Waals surface area contributed by atoms with Crippen molar-refractivity contribution >= 4 is 23.3 Å². The molecule has 1 aliphatic heterocycles. The monoisotopic (exact) mass is 371 g/mol. The Hall–Kier alpha value is -2.20. The molecule has 0 unspecified atom stereocenters. The van der Waals surface area contributed by atoms with Crippen LogP contribution in [-0.2, 0) is 6.54 Å². The fourth-order valence-corrected chi connectivity index (χ4v) is 3.45. The van der Waals surface area contributed by atoms with E-state index < -0.39 is 0 Å². The van der Waals surface area contributed by atoms with Crippen molar-refractivity contribution in [2.24, 2.45) is 0 Å². The standard InChI is InChI=1S/C21H26ClN3O/c1-17(2)25(16-18-7-4-3-5-8-18)21(26)24-13-11-23(12-14-24)20-10-6-9-19(22)15-20/h3-10,15,17H,11-14,16H2,1-2H3. The lowest BCUT2D eigenvalue weighted by Crippen LogP contribution is -2.54. The highest BCUT2D eigenvalue weighted by Gasteiger charge is 2.27. The summed E-state index contributed by atoms with van der Waals surface area (Å²) in [6.07, 6.45) is 0. The number of amides is 2. The number of rotatable bonds is 4. The van der Waals surface area contributed by atoms with Gasteiger partial charge in [-0.15, -0.1) is 0 Å². The van der Waals surface area contributed by atoms with Crippen molar-refractivity contribution in [2.45, 2.75) is 26.4 Å². The van der Waals surface area contributed by atoms with Crippen LogP contribution in [0.2, 0.25) is 5.02 Å². The minimum atomic E-state index is 0.120. The maximum Gasteiger partial charge on any atom is 0.320 e. The van der Waals surface area contributed by atoms with Gasteiger partial charge in [0.05, 0.1) is 0 Å². The van der Waals surface area contributed by atoms with E-state index in [-0.39, 0.29) is 12.1 Å². The van der Waals surface area contributed by atoms with Crippen molar-refractivity contribution in [1.82, 2.24) is 9.80 Å². The first-order valence-corrected chi connectivity index (χ1v) is 9.52. The molecule has 4 nitrogen and oxygen atoms in total. The first-order chi connectivity index (χ1) is 12.5. The maximum atomic E-state index is 13.1. The van der Waals surface area contributed by atoms with Gasteiger partial charge in [-0.25, -0.2) is 4.79 Å². The summed E-state index contributed by atoms with van der Waals surface area (Å²) >= 11 is 6.10. The van der Waals surface area contributed by atoms with E-state index in [1.165, 1.54) is 0 Å². The summed E-state index contributed by atoms with van der Waals surface area (Å²) in [5.41, 5.74) is 2.28. The number of benzene rings is 2. The molecule has 0 aromatic heterocycles. The molecule has 0 bridgehead atoms. The molecular formula is C21H26ClN3O. The van der Waals surface area contributed by atoms with E-state index in [0.717, 1.165) is 42.5 Å². The van der Waals surface area contributed by atoms with Gasteiger partial charge in [0.1, 0.15) is 0 Å². The Bertz CT molecular complexity index is 727. The number of carbonyl (C=O) groups is 1. The second kappa shape index (κ2) is 8.45. The topological polar surface area (TPSA) is 26.8 Å². The molecule has 2 aromatic rings. The number of hydrogen-bond acceptors (Lipinski definition) is 2. The summed E-state index contributed by atoms with van der Waals surface area (Å²) in [7, 11) is 0. The second-order valence-corrected chi connectivity index (χ2v) is 7.38. The summed E-state index contributed by atoms with van der Waals surface area (Å²) in [4.78, 5) is 19.2. The summed E-state index contributed by atoms with van der Waals surface area (Å²) < 4.78 is 0. The fraction of sp³-hybridized carbons (Fsp3) is 0.381. The summed E-state index contributed by atoms with van der Waals surface area (Å²) in [6.45, 7) is 7.89. The van der Waals surface area contributed by atoms with Gasteiger partial charge in [0, 0.05) is 49.5 Å². The average molecular weight is 372 g/mol. The predicted octanol–water partition coefficient (Wildman–Crippen LogP) is 4.49. The maximum absolute atomic E-state index is 13.1. The lowest BCUT2D eigenvalue weighted by Gasteiger charge is -2.39. The number of anilines is 1. The smallest absolute Gasteiger partial charge is 0.320 e. The molecule has 0 N–H and O–H groups in total. The van der Waals surface area contributed by atoms with Crippen LogP contribution in [0.25, 0.3) is 0 Å². The molecule has 0 aliphatic carbocycles. The quantitative estimate of drug-likeness (QED) is 0.791. The van der Waals surface area contributed by atoms with Gasteiger partial charge >= 0.3 is 6.03 Å². The van der Waals surface area contributed by atoms with Gasteiger partial charge in [-0.3, -0.25) is 0 Å². The van der Waals surface area contributed by atoms with Gasteiger partial charge < -0.3 is 14.7 Å². The molecular weight excluding hydrogens is 346 g/mol. The van der Waals surface area contributed by atoms with Crippen LogP contribution in [-0.4, -0.2) is 48.1 Å². The summed E-state index contributed by atoms with van der Waals surface area (Å²) in [6, 6.07) is 18.4. The number of piperazine rings is 1. The van der Waals surface area contributed by atoms with Crippen LogP contribution in [0.1, 0.15) is 19.4 Å². The fourth-order valence-electron chi connectivity index (χ4n) is 3.26. The molecule has 0 atom stereocenters. The van der Waals surface area contributed by atoms with E-state index in [9.17, 15) is 4.79 Å². The first kappa shape index (κ1) is 18.6. The van der Waals surface area contributed by atoms with Crippen LogP contribution >= 0.6 is 11.6 Å². The van der Waals surface area contributed by atoms with Gasteiger partial charge in [-0.2, -0.15) is 0 Å². The highest BCUT2D eigenvalue weighted by molar-refractivity contribution is 6.30. The Morgan fingerprint density at radius 2 is 1.73 bits per heavy atom. The largest absolute Gasteiger partial charge is 0.368 e. The number of halogens is 1. The molecule has 26 heavy (non-hydrogen) atoms. The van der Waals surface area contributed by atoms with Crippen LogP contribution in [0.3, 0.4) is 0 Å². The minimum Gasteiger partial charge on any atom is -0.368 e. The Morgan fingerprint density at radius 3 is 2.35 bits per heavy atom. The Kier molecular flexibility index (Phi) is 6.04. The molecule has 0 spiro atoms. The summed E-state index contributed by atoms with van der Waals surface area (Å²) in [5, 5.41) is 0.745. The normalized spacial score (nSPS) is 14.6. The lowest BCUT2D eigenvalue weighted by molar-refractivity contribution is 0.134. The number of carbonyl (C=O) groups excluding carboxylic acids is 1. The van der Waals surface area contributed by atoms with Crippen LogP contribution in [0.4, 0.5) is 10.5 Å². The molecule has 3 rings (SSSR count).